The van der Waals surface area contributed by atoms with Crippen LogP contribution in [-0.4, -0.2) is 25.7 Å². The molecular formula is C11H10N6OS. The maximum atomic E-state index is 12.1. The van der Waals surface area contributed by atoms with Crippen molar-refractivity contribution in [2.24, 2.45) is 7.05 Å². The van der Waals surface area contributed by atoms with Gasteiger partial charge >= 0.3 is 0 Å². The van der Waals surface area contributed by atoms with Gasteiger partial charge in [-0.25, -0.2) is 9.97 Å². The fourth-order valence-corrected chi connectivity index (χ4v) is 2.60. The number of nitrogens with one attached hydrogen (secondary N) is 1. The number of aromatic nitrogens is 4. The molecule has 0 atom stereocenters. The smallest absolute Gasteiger partial charge is 0.268 e. The average molecular weight is 274 g/mol. The molecule has 3 heterocycles. The number of nitrogens with two attached hydrogens (primary N) is 1. The Morgan fingerprint density at radius 2 is 2.21 bits per heavy atom. The summed E-state index contributed by atoms with van der Waals surface area (Å²) in [5.41, 5.74) is 7.46. The second-order valence-electron chi connectivity index (χ2n) is 3.91. The summed E-state index contributed by atoms with van der Waals surface area (Å²) >= 11 is 1.22. The monoisotopic (exact) mass is 274 g/mol. The fourth-order valence-electron chi connectivity index (χ4n) is 1.69. The van der Waals surface area contributed by atoms with Gasteiger partial charge in [0.2, 0.25) is 0 Å². The summed E-state index contributed by atoms with van der Waals surface area (Å²) in [5.74, 6) is -0.282. The lowest BCUT2D eigenvalue weighted by molar-refractivity contribution is 0.103. The van der Waals surface area contributed by atoms with Crippen molar-refractivity contribution >= 4 is 39.0 Å². The van der Waals surface area contributed by atoms with Crippen molar-refractivity contribution in [3.63, 3.8) is 0 Å². The number of nitrogens with zero attached hydrogens (tertiary/aromatic N) is 4. The molecule has 7 nitrogen and oxygen atoms in total. The van der Waals surface area contributed by atoms with Crippen LogP contribution in [0.5, 0.6) is 0 Å². The van der Waals surface area contributed by atoms with Gasteiger partial charge in [-0.15, -0.1) is 11.3 Å². The molecule has 3 aromatic rings. The highest BCUT2D eigenvalue weighted by Gasteiger charge is 2.18. The molecule has 96 valence electrons. The molecule has 0 aliphatic heterocycles. The van der Waals surface area contributed by atoms with Crippen molar-refractivity contribution in [3.8, 4) is 0 Å². The zero-order valence-electron chi connectivity index (χ0n) is 9.99. The minimum absolute atomic E-state index is 0.282. The highest BCUT2D eigenvalue weighted by atomic mass is 32.1. The maximum absolute atomic E-state index is 12.1. The Morgan fingerprint density at radius 3 is 2.89 bits per heavy atom. The van der Waals surface area contributed by atoms with E-state index in [4.69, 9.17) is 5.73 Å². The maximum Gasteiger partial charge on any atom is 0.268 e. The van der Waals surface area contributed by atoms with E-state index in [1.165, 1.54) is 11.3 Å². The predicted octanol–water partition coefficient (Wildman–Crippen LogP) is 1.26. The van der Waals surface area contributed by atoms with Gasteiger partial charge in [0.25, 0.3) is 5.91 Å². The molecule has 3 rings (SSSR count). The first-order valence-electron chi connectivity index (χ1n) is 5.44. The minimum Gasteiger partial charge on any atom is -0.396 e. The Morgan fingerprint density at radius 1 is 1.42 bits per heavy atom. The topological polar surface area (TPSA) is 98.7 Å². The Kier molecular flexibility index (Phi) is 2.64. The van der Waals surface area contributed by atoms with E-state index in [2.05, 4.69) is 20.4 Å². The quantitative estimate of drug-likeness (QED) is 0.733. The zero-order chi connectivity index (χ0) is 13.4. The molecule has 0 unspecified atom stereocenters. The van der Waals surface area contributed by atoms with Gasteiger partial charge in [0.05, 0.1) is 17.6 Å². The van der Waals surface area contributed by atoms with E-state index in [1.54, 1.807) is 36.5 Å². The summed E-state index contributed by atoms with van der Waals surface area (Å²) < 4.78 is 1.60. The van der Waals surface area contributed by atoms with Crippen LogP contribution in [0.1, 0.15) is 9.67 Å². The number of aryl methyl sites for hydroxylation is 1. The van der Waals surface area contributed by atoms with E-state index in [1.807, 2.05) is 0 Å². The zero-order valence-corrected chi connectivity index (χ0v) is 10.8. The van der Waals surface area contributed by atoms with Crippen LogP contribution in [0.25, 0.3) is 10.3 Å². The van der Waals surface area contributed by atoms with E-state index in [0.29, 0.717) is 26.6 Å². The molecule has 0 saturated heterocycles. The van der Waals surface area contributed by atoms with Gasteiger partial charge < -0.3 is 11.1 Å². The van der Waals surface area contributed by atoms with E-state index in [-0.39, 0.29) is 5.91 Å². The van der Waals surface area contributed by atoms with Crippen molar-refractivity contribution in [2.45, 2.75) is 0 Å². The summed E-state index contributed by atoms with van der Waals surface area (Å²) in [6.07, 6.45) is 6.39. The number of carbonyl (C=O) groups excluding carboxylic acids is 1. The number of thiophene rings is 1. The molecule has 0 spiro atoms. The number of hydrogen-bond donors (Lipinski definition) is 2. The predicted molar refractivity (Wildman–Crippen MR) is 73.0 cm³/mol. The largest absolute Gasteiger partial charge is 0.396 e. The summed E-state index contributed by atoms with van der Waals surface area (Å²) in [5, 5.41) is 6.71. The molecule has 19 heavy (non-hydrogen) atoms. The van der Waals surface area contributed by atoms with E-state index in [9.17, 15) is 4.79 Å². The number of carbonyl (C=O) groups is 1. The second kappa shape index (κ2) is 4.32. The summed E-state index contributed by atoms with van der Waals surface area (Å²) in [6.45, 7) is 0. The van der Waals surface area contributed by atoms with Gasteiger partial charge in [-0.05, 0) is 0 Å². The Hall–Kier alpha value is -2.48. The van der Waals surface area contributed by atoms with Crippen LogP contribution < -0.4 is 11.1 Å². The van der Waals surface area contributed by atoms with Crippen LogP contribution in [0, 0.1) is 0 Å². The fraction of sp³-hybridized carbons (Fsp3) is 0.0909. The van der Waals surface area contributed by atoms with Crippen molar-refractivity contribution < 1.29 is 4.79 Å². The molecule has 0 bridgehead atoms. The third-order valence-electron chi connectivity index (χ3n) is 2.53. The third-order valence-corrected chi connectivity index (χ3v) is 3.63. The molecule has 0 aliphatic rings. The van der Waals surface area contributed by atoms with Gasteiger partial charge in [-0.2, -0.15) is 5.10 Å². The molecule has 8 heteroatoms. The van der Waals surface area contributed by atoms with E-state index < -0.39 is 0 Å². The molecular weight excluding hydrogens is 264 g/mol. The number of amides is 1. The van der Waals surface area contributed by atoms with Gasteiger partial charge in [-0.3, -0.25) is 9.48 Å². The SMILES string of the molecule is Cn1cc(NC(=O)c2sc3nccnc3c2N)cn1. The highest BCUT2D eigenvalue weighted by molar-refractivity contribution is 7.21. The Balaban J connectivity index is 1.95. The van der Waals surface area contributed by atoms with Crippen molar-refractivity contribution in [1.82, 2.24) is 19.7 Å². The lowest BCUT2D eigenvalue weighted by atomic mass is 10.3. The second-order valence-corrected chi connectivity index (χ2v) is 4.91. The molecule has 0 aliphatic carbocycles. The van der Waals surface area contributed by atoms with Crippen LogP contribution in [0.15, 0.2) is 24.8 Å². The average Bonchev–Trinajstić information content (AvgIpc) is 2.94. The number of anilines is 2. The number of rotatable bonds is 2. The van der Waals surface area contributed by atoms with Crippen LogP contribution in [0.2, 0.25) is 0 Å². The molecule has 3 N–H and O–H groups in total. The first-order chi connectivity index (χ1) is 9.15. The molecule has 0 saturated carbocycles. The number of nitrogen functional groups attached to an aromatic ring is 1. The van der Waals surface area contributed by atoms with Crippen molar-refractivity contribution in [1.29, 1.82) is 0 Å². The third kappa shape index (κ3) is 2.02. The highest BCUT2D eigenvalue weighted by Crippen LogP contribution is 2.30. The molecule has 0 fully saturated rings. The summed E-state index contributed by atoms with van der Waals surface area (Å²) in [6, 6.07) is 0. The van der Waals surface area contributed by atoms with Gasteiger partial charge in [0.1, 0.15) is 15.2 Å². The van der Waals surface area contributed by atoms with Crippen LogP contribution in [0.3, 0.4) is 0 Å². The Labute approximate surface area is 112 Å². The molecule has 0 radical (unpaired) electrons. The lowest BCUT2D eigenvalue weighted by Crippen LogP contribution is -2.11. The first kappa shape index (κ1) is 11.6. The van der Waals surface area contributed by atoms with E-state index >= 15 is 0 Å². The van der Waals surface area contributed by atoms with Crippen molar-refractivity contribution in [2.75, 3.05) is 11.1 Å². The van der Waals surface area contributed by atoms with Gasteiger partial charge in [-0.1, -0.05) is 0 Å². The van der Waals surface area contributed by atoms with Crippen LogP contribution in [0.4, 0.5) is 11.4 Å². The van der Waals surface area contributed by atoms with Gasteiger partial charge in [0, 0.05) is 25.6 Å². The number of fused-ring (bicyclic) bond motifs is 1. The minimum atomic E-state index is -0.282. The number of hydrogen-bond acceptors (Lipinski definition) is 6. The summed E-state index contributed by atoms with van der Waals surface area (Å²) in [7, 11) is 1.78. The van der Waals surface area contributed by atoms with Gasteiger partial charge in [0.15, 0.2) is 0 Å². The molecule has 1 amide bonds. The summed E-state index contributed by atoms with van der Waals surface area (Å²) in [4.78, 5) is 21.5. The Bertz CT molecular complexity index is 761. The van der Waals surface area contributed by atoms with Crippen molar-refractivity contribution in [3.05, 3.63) is 29.7 Å². The molecule has 0 aromatic carbocycles. The first-order valence-corrected chi connectivity index (χ1v) is 6.26. The standard InChI is InChI=1S/C11H10N6OS/c1-17-5-6(4-15-17)16-10(18)9-7(12)8-11(19-9)14-3-2-13-8/h2-5H,12H2,1H3,(H,16,18). The molecule has 3 aromatic heterocycles. The normalized spacial score (nSPS) is 10.8. The van der Waals surface area contributed by atoms with Crippen LogP contribution >= 0.6 is 11.3 Å². The van der Waals surface area contributed by atoms with E-state index in [0.717, 1.165) is 0 Å². The lowest BCUT2D eigenvalue weighted by Gasteiger charge is -2.00. The van der Waals surface area contributed by atoms with Crippen LogP contribution in [-0.2, 0) is 7.05 Å².